The Kier molecular flexibility index (Phi) is 7.71. The van der Waals surface area contributed by atoms with Crippen molar-refractivity contribution in [1.82, 2.24) is 0 Å². The topological polar surface area (TPSA) is 61.6 Å². The van der Waals surface area contributed by atoms with E-state index in [9.17, 15) is 10.1 Å². The van der Waals surface area contributed by atoms with Crippen molar-refractivity contribution < 1.29 is 14.4 Å². The Bertz CT molecular complexity index is 352. The fraction of sp³-hybridized carbons (Fsp3) is 0.500. The van der Waals surface area contributed by atoms with Crippen LogP contribution in [0, 0.1) is 17.0 Å². The van der Waals surface area contributed by atoms with Gasteiger partial charge in [0.1, 0.15) is 6.61 Å². The van der Waals surface area contributed by atoms with Crippen molar-refractivity contribution in [3.05, 3.63) is 33.9 Å². The van der Waals surface area contributed by atoms with Crippen LogP contribution in [0.2, 0.25) is 0 Å². The number of hydrogen-bond donors (Lipinski definition) is 0. The summed E-state index contributed by atoms with van der Waals surface area (Å²) in [4.78, 5) is 10.3. The molecule has 0 amide bonds. The molecule has 0 aromatic heterocycles. The molecule has 0 atom stereocenters. The van der Waals surface area contributed by atoms with Crippen LogP contribution in [0.4, 0.5) is 5.69 Å². The third kappa shape index (κ3) is 5.31. The Morgan fingerprint density at radius 2 is 1.94 bits per heavy atom. The fourth-order valence-corrected chi connectivity index (χ4v) is 1.13. The van der Waals surface area contributed by atoms with Crippen molar-refractivity contribution >= 4 is 5.69 Å². The zero-order chi connectivity index (χ0) is 13.3. The lowest BCUT2D eigenvalue weighted by molar-refractivity contribution is -0.385. The van der Waals surface area contributed by atoms with Gasteiger partial charge in [0.05, 0.1) is 11.5 Å². The zero-order valence-electron chi connectivity index (χ0n) is 10.7. The highest BCUT2D eigenvalue weighted by molar-refractivity contribution is 5.48. The molecule has 0 aliphatic rings. The number of nitro groups is 1. The van der Waals surface area contributed by atoms with E-state index in [1.165, 1.54) is 6.07 Å². The van der Waals surface area contributed by atoms with Crippen LogP contribution in [0.5, 0.6) is 5.75 Å². The van der Waals surface area contributed by atoms with Crippen LogP contribution < -0.4 is 4.74 Å². The molecular weight excluding hydrogens is 222 g/mol. The normalized spacial score (nSPS) is 9.18. The highest BCUT2D eigenvalue weighted by atomic mass is 16.6. The van der Waals surface area contributed by atoms with Gasteiger partial charge in [-0.25, -0.2) is 0 Å². The maximum absolute atomic E-state index is 10.7. The molecule has 17 heavy (non-hydrogen) atoms. The lowest BCUT2D eigenvalue weighted by Gasteiger charge is -2.06. The Morgan fingerprint density at radius 3 is 2.47 bits per heavy atom. The molecule has 0 N–H and O–H groups in total. The second-order valence-electron chi connectivity index (χ2n) is 3.07. The first-order chi connectivity index (χ1) is 8.15. The summed E-state index contributed by atoms with van der Waals surface area (Å²) in [6.45, 7) is 6.51. The number of methoxy groups -OCH3 is 1. The summed E-state index contributed by atoms with van der Waals surface area (Å²) < 4.78 is 10.0. The standard InChI is InChI=1S/C10H13NO4.C2H6/c1-8-3-4-10(15-6-5-14-2)9(7-8)11(12)13;1-2/h3-4,7H,5-6H2,1-2H3;1-2H3. The summed E-state index contributed by atoms with van der Waals surface area (Å²) in [5.74, 6) is 0.280. The highest BCUT2D eigenvalue weighted by Crippen LogP contribution is 2.27. The van der Waals surface area contributed by atoms with Crippen LogP contribution in [-0.4, -0.2) is 25.2 Å². The molecule has 0 aliphatic carbocycles. The second kappa shape index (κ2) is 8.52. The third-order valence-corrected chi connectivity index (χ3v) is 1.86. The van der Waals surface area contributed by atoms with Crippen molar-refractivity contribution in [2.45, 2.75) is 20.8 Å². The van der Waals surface area contributed by atoms with E-state index in [0.717, 1.165) is 5.56 Å². The van der Waals surface area contributed by atoms with Crippen molar-refractivity contribution in [2.75, 3.05) is 20.3 Å². The molecule has 0 spiro atoms. The van der Waals surface area contributed by atoms with E-state index in [4.69, 9.17) is 9.47 Å². The lowest BCUT2D eigenvalue weighted by Crippen LogP contribution is -2.05. The molecule has 1 aromatic carbocycles. The molecule has 5 heteroatoms. The molecular formula is C12H19NO4. The Balaban J connectivity index is 0.00000121. The van der Waals surface area contributed by atoms with Gasteiger partial charge in [0.25, 0.3) is 0 Å². The van der Waals surface area contributed by atoms with Crippen molar-refractivity contribution in [2.24, 2.45) is 0 Å². The van der Waals surface area contributed by atoms with Gasteiger partial charge in [0, 0.05) is 13.2 Å². The maximum atomic E-state index is 10.7. The summed E-state index contributed by atoms with van der Waals surface area (Å²) in [6.07, 6.45) is 0. The molecule has 1 aromatic rings. The molecule has 0 saturated carbocycles. The largest absolute Gasteiger partial charge is 0.484 e. The van der Waals surface area contributed by atoms with E-state index in [0.29, 0.717) is 13.2 Å². The number of benzene rings is 1. The molecule has 0 radical (unpaired) electrons. The molecule has 5 nitrogen and oxygen atoms in total. The van der Waals surface area contributed by atoms with Gasteiger partial charge >= 0.3 is 5.69 Å². The Morgan fingerprint density at radius 1 is 1.29 bits per heavy atom. The van der Waals surface area contributed by atoms with E-state index >= 15 is 0 Å². The molecule has 0 unspecified atom stereocenters. The molecule has 0 aliphatic heterocycles. The quantitative estimate of drug-likeness (QED) is 0.451. The molecule has 96 valence electrons. The summed E-state index contributed by atoms with van der Waals surface area (Å²) in [5, 5.41) is 10.7. The number of rotatable bonds is 5. The van der Waals surface area contributed by atoms with E-state index in [2.05, 4.69) is 0 Å². The average Bonchev–Trinajstić information content (AvgIpc) is 2.33. The number of nitro benzene ring substituents is 1. The molecule has 0 heterocycles. The van der Waals surface area contributed by atoms with Crippen LogP contribution in [-0.2, 0) is 4.74 Å². The first-order valence-corrected chi connectivity index (χ1v) is 5.52. The van der Waals surface area contributed by atoms with Gasteiger partial charge in [-0.1, -0.05) is 19.9 Å². The Hall–Kier alpha value is -1.62. The van der Waals surface area contributed by atoms with Gasteiger partial charge in [0.15, 0.2) is 5.75 Å². The number of nitrogens with zero attached hydrogens (tertiary/aromatic N) is 1. The Labute approximate surface area is 102 Å². The van der Waals surface area contributed by atoms with Crippen LogP contribution in [0.1, 0.15) is 19.4 Å². The number of hydrogen-bond acceptors (Lipinski definition) is 4. The lowest BCUT2D eigenvalue weighted by atomic mass is 10.2. The predicted molar refractivity (Wildman–Crippen MR) is 66.6 cm³/mol. The monoisotopic (exact) mass is 241 g/mol. The van der Waals surface area contributed by atoms with Crippen molar-refractivity contribution in [1.29, 1.82) is 0 Å². The van der Waals surface area contributed by atoms with Gasteiger partial charge in [-0.2, -0.15) is 0 Å². The predicted octanol–water partition coefficient (Wildman–Crippen LogP) is 2.95. The van der Waals surface area contributed by atoms with Gasteiger partial charge in [0.2, 0.25) is 0 Å². The maximum Gasteiger partial charge on any atom is 0.311 e. The van der Waals surface area contributed by atoms with Crippen molar-refractivity contribution in [3.63, 3.8) is 0 Å². The van der Waals surface area contributed by atoms with Gasteiger partial charge in [-0.05, 0) is 18.6 Å². The SMILES string of the molecule is CC.COCCOc1ccc(C)cc1[N+](=O)[O-]. The summed E-state index contributed by atoms with van der Waals surface area (Å²) in [6, 6.07) is 4.86. The number of ether oxygens (including phenoxy) is 2. The van der Waals surface area contributed by atoms with Gasteiger partial charge < -0.3 is 9.47 Å². The average molecular weight is 241 g/mol. The van der Waals surface area contributed by atoms with E-state index < -0.39 is 4.92 Å². The van der Waals surface area contributed by atoms with Gasteiger partial charge in [-0.15, -0.1) is 0 Å². The van der Waals surface area contributed by atoms with E-state index in [1.54, 1.807) is 26.2 Å². The van der Waals surface area contributed by atoms with E-state index in [1.807, 2.05) is 13.8 Å². The van der Waals surface area contributed by atoms with Crippen LogP contribution in [0.15, 0.2) is 18.2 Å². The minimum atomic E-state index is -0.449. The van der Waals surface area contributed by atoms with E-state index in [-0.39, 0.29) is 11.4 Å². The highest BCUT2D eigenvalue weighted by Gasteiger charge is 2.14. The number of aryl methyl sites for hydroxylation is 1. The molecule has 1 rings (SSSR count). The zero-order valence-corrected chi connectivity index (χ0v) is 10.7. The minimum absolute atomic E-state index is 0.00824. The van der Waals surface area contributed by atoms with Crippen LogP contribution >= 0.6 is 0 Å². The summed E-state index contributed by atoms with van der Waals surface area (Å²) >= 11 is 0. The first-order valence-electron chi connectivity index (χ1n) is 5.52. The first kappa shape index (κ1) is 15.4. The van der Waals surface area contributed by atoms with Crippen molar-refractivity contribution in [3.8, 4) is 5.75 Å². The van der Waals surface area contributed by atoms with Gasteiger partial charge in [-0.3, -0.25) is 10.1 Å². The third-order valence-electron chi connectivity index (χ3n) is 1.86. The molecule has 0 fully saturated rings. The second-order valence-corrected chi connectivity index (χ2v) is 3.07. The smallest absolute Gasteiger partial charge is 0.311 e. The molecule has 0 bridgehead atoms. The minimum Gasteiger partial charge on any atom is -0.484 e. The summed E-state index contributed by atoms with van der Waals surface area (Å²) in [7, 11) is 1.55. The summed E-state index contributed by atoms with van der Waals surface area (Å²) in [5.41, 5.74) is 0.826. The fourth-order valence-electron chi connectivity index (χ4n) is 1.13. The van der Waals surface area contributed by atoms with Crippen LogP contribution in [0.25, 0.3) is 0 Å². The molecule has 0 saturated heterocycles. The van der Waals surface area contributed by atoms with Crippen LogP contribution in [0.3, 0.4) is 0 Å².